The third-order valence-electron chi connectivity index (χ3n) is 5.48. The van der Waals surface area contributed by atoms with Gasteiger partial charge < -0.3 is 5.32 Å². The fourth-order valence-corrected chi connectivity index (χ4v) is 5.32. The summed E-state index contributed by atoms with van der Waals surface area (Å²) >= 11 is 5.92. The van der Waals surface area contributed by atoms with Gasteiger partial charge in [0.15, 0.2) is 0 Å². The van der Waals surface area contributed by atoms with Gasteiger partial charge in [-0.25, -0.2) is 8.42 Å². The first-order chi connectivity index (χ1) is 14.4. The number of carbonyl (C=O) groups excluding carboxylic acids is 1. The predicted octanol–water partition coefficient (Wildman–Crippen LogP) is 4.41. The Morgan fingerprint density at radius 2 is 1.60 bits per heavy atom. The fourth-order valence-electron chi connectivity index (χ4n) is 3.80. The fraction of sp³-hybridized carbons (Fsp3) is 0.435. The largest absolute Gasteiger partial charge is 0.352 e. The van der Waals surface area contributed by atoms with E-state index in [1.165, 1.54) is 29.3 Å². The summed E-state index contributed by atoms with van der Waals surface area (Å²) in [6.07, 6.45) is 7.04. The summed E-state index contributed by atoms with van der Waals surface area (Å²) in [5.41, 5.74) is 1.03. The molecule has 0 radical (unpaired) electrons. The number of hydrogen-bond acceptors (Lipinski definition) is 3. The molecule has 0 spiro atoms. The quantitative estimate of drug-likeness (QED) is 0.608. The van der Waals surface area contributed by atoms with E-state index in [4.69, 9.17) is 11.6 Å². The molecule has 0 aromatic heterocycles. The van der Waals surface area contributed by atoms with Gasteiger partial charge in [-0.05, 0) is 49.1 Å². The van der Waals surface area contributed by atoms with Crippen LogP contribution in [0.25, 0.3) is 0 Å². The van der Waals surface area contributed by atoms with Gasteiger partial charge in [0.05, 0.1) is 11.4 Å². The van der Waals surface area contributed by atoms with Crippen LogP contribution < -0.4 is 5.32 Å². The molecule has 162 valence electrons. The highest BCUT2D eigenvalue weighted by molar-refractivity contribution is 7.89. The topological polar surface area (TPSA) is 66.5 Å². The molecule has 1 aliphatic carbocycles. The van der Waals surface area contributed by atoms with Crippen LogP contribution in [0.4, 0.5) is 0 Å². The summed E-state index contributed by atoms with van der Waals surface area (Å²) in [4.78, 5) is 12.9. The minimum atomic E-state index is -3.82. The minimum absolute atomic E-state index is 0.134. The molecule has 2 aromatic carbocycles. The summed E-state index contributed by atoms with van der Waals surface area (Å²) in [5.74, 6) is -0.243. The Labute approximate surface area is 184 Å². The lowest BCUT2D eigenvalue weighted by Gasteiger charge is -2.24. The van der Waals surface area contributed by atoms with Crippen LogP contribution >= 0.6 is 11.6 Å². The second-order valence-electron chi connectivity index (χ2n) is 7.78. The number of amides is 1. The van der Waals surface area contributed by atoms with E-state index in [0.717, 1.165) is 31.2 Å². The monoisotopic (exact) mass is 448 g/mol. The van der Waals surface area contributed by atoms with Gasteiger partial charge in [0.2, 0.25) is 15.9 Å². The van der Waals surface area contributed by atoms with Crippen molar-refractivity contribution in [2.24, 2.45) is 0 Å². The van der Waals surface area contributed by atoms with Gasteiger partial charge in [0.25, 0.3) is 0 Å². The maximum atomic E-state index is 13.3. The summed E-state index contributed by atoms with van der Waals surface area (Å²) in [6, 6.07) is 15.9. The zero-order valence-electron chi connectivity index (χ0n) is 17.1. The summed E-state index contributed by atoms with van der Waals surface area (Å²) in [7, 11) is -3.82. The number of sulfonamides is 1. The molecule has 0 bridgehead atoms. The number of halogens is 1. The molecule has 0 saturated heterocycles. The standard InChI is InChI=1S/C23H29ClN2O3S/c24-20-12-14-22(15-13-20)30(28,29)26(17-16-19-8-4-3-5-9-19)18-23(27)25-21-10-6-1-2-7-11-21/h3-5,8-9,12-15,21H,1-2,6-7,10-11,16-18H2,(H,25,27). The molecule has 0 heterocycles. The molecule has 0 aliphatic heterocycles. The van der Waals surface area contributed by atoms with Crippen molar-refractivity contribution in [3.63, 3.8) is 0 Å². The van der Waals surface area contributed by atoms with Crippen molar-refractivity contribution in [2.45, 2.75) is 55.9 Å². The number of benzene rings is 2. The molecule has 5 nitrogen and oxygen atoms in total. The second kappa shape index (κ2) is 10.9. The van der Waals surface area contributed by atoms with E-state index < -0.39 is 10.0 Å². The summed E-state index contributed by atoms with van der Waals surface area (Å²) < 4.78 is 27.8. The SMILES string of the molecule is O=C(CN(CCc1ccccc1)S(=O)(=O)c1ccc(Cl)cc1)NC1CCCCCC1. The van der Waals surface area contributed by atoms with Gasteiger partial charge in [-0.15, -0.1) is 0 Å². The zero-order valence-corrected chi connectivity index (χ0v) is 18.7. The van der Waals surface area contributed by atoms with Crippen molar-refractivity contribution in [1.29, 1.82) is 0 Å². The van der Waals surface area contributed by atoms with Crippen molar-refractivity contribution < 1.29 is 13.2 Å². The molecule has 0 unspecified atom stereocenters. The number of hydrogen-bond donors (Lipinski definition) is 1. The Morgan fingerprint density at radius 1 is 0.967 bits per heavy atom. The Morgan fingerprint density at radius 3 is 2.23 bits per heavy atom. The van der Waals surface area contributed by atoms with Gasteiger partial charge in [0, 0.05) is 17.6 Å². The van der Waals surface area contributed by atoms with Crippen LogP contribution in [0.3, 0.4) is 0 Å². The highest BCUT2D eigenvalue weighted by Gasteiger charge is 2.27. The van der Waals surface area contributed by atoms with Crippen LogP contribution in [0, 0.1) is 0 Å². The van der Waals surface area contributed by atoms with Gasteiger partial charge in [-0.3, -0.25) is 4.79 Å². The van der Waals surface area contributed by atoms with E-state index in [-0.39, 0.29) is 29.9 Å². The van der Waals surface area contributed by atoms with E-state index in [1.54, 1.807) is 12.1 Å². The van der Waals surface area contributed by atoms with E-state index in [0.29, 0.717) is 11.4 Å². The van der Waals surface area contributed by atoms with Crippen LogP contribution in [0.1, 0.15) is 44.1 Å². The van der Waals surface area contributed by atoms with Gasteiger partial charge in [-0.2, -0.15) is 4.31 Å². The lowest BCUT2D eigenvalue weighted by atomic mass is 10.1. The Bertz CT molecular complexity index is 909. The molecule has 7 heteroatoms. The number of rotatable bonds is 8. The normalized spacial score (nSPS) is 15.7. The van der Waals surface area contributed by atoms with Crippen molar-refractivity contribution in [1.82, 2.24) is 9.62 Å². The highest BCUT2D eigenvalue weighted by atomic mass is 35.5. The molecular weight excluding hydrogens is 420 g/mol. The minimum Gasteiger partial charge on any atom is -0.352 e. The number of nitrogens with zero attached hydrogens (tertiary/aromatic N) is 1. The molecule has 30 heavy (non-hydrogen) atoms. The highest BCUT2D eigenvalue weighted by Crippen LogP contribution is 2.20. The van der Waals surface area contributed by atoms with Crippen LogP contribution in [0.5, 0.6) is 0 Å². The van der Waals surface area contributed by atoms with E-state index in [1.807, 2.05) is 30.3 Å². The lowest BCUT2D eigenvalue weighted by Crippen LogP contribution is -2.44. The smallest absolute Gasteiger partial charge is 0.243 e. The molecule has 1 fully saturated rings. The molecule has 1 aliphatic rings. The predicted molar refractivity (Wildman–Crippen MR) is 120 cm³/mol. The third kappa shape index (κ3) is 6.56. The second-order valence-corrected chi connectivity index (χ2v) is 10.2. The summed E-state index contributed by atoms with van der Waals surface area (Å²) in [5, 5.41) is 3.52. The molecule has 1 saturated carbocycles. The average Bonchev–Trinajstić information content (AvgIpc) is 3.00. The molecule has 1 N–H and O–H groups in total. The third-order valence-corrected chi connectivity index (χ3v) is 7.60. The van der Waals surface area contributed by atoms with Crippen molar-refractivity contribution in [3.8, 4) is 0 Å². The average molecular weight is 449 g/mol. The molecule has 0 atom stereocenters. The van der Waals surface area contributed by atoms with Crippen LogP contribution in [-0.2, 0) is 21.2 Å². The maximum absolute atomic E-state index is 13.3. The molecular formula is C23H29ClN2O3S. The van der Waals surface area contributed by atoms with Gasteiger partial charge in [0.1, 0.15) is 0 Å². The first-order valence-electron chi connectivity index (χ1n) is 10.5. The lowest BCUT2D eigenvalue weighted by molar-refractivity contribution is -0.122. The maximum Gasteiger partial charge on any atom is 0.243 e. The molecule has 3 rings (SSSR count). The van der Waals surface area contributed by atoms with E-state index >= 15 is 0 Å². The first kappa shape index (κ1) is 22.8. The van der Waals surface area contributed by atoms with Crippen molar-refractivity contribution >= 4 is 27.5 Å². The van der Waals surface area contributed by atoms with Gasteiger partial charge >= 0.3 is 0 Å². The molecule has 2 aromatic rings. The molecule has 1 amide bonds. The van der Waals surface area contributed by atoms with Crippen LogP contribution in [0.2, 0.25) is 5.02 Å². The van der Waals surface area contributed by atoms with E-state index in [9.17, 15) is 13.2 Å². The van der Waals surface area contributed by atoms with Crippen LogP contribution in [0.15, 0.2) is 59.5 Å². The van der Waals surface area contributed by atoms with Gasteiger partial charge in [-0.1, -0.05) is 67.6 Å². The zero-order chi connectivity index (χ0) is 21.4. The van der Waals surface area contributed by atoms with Crippen molar-refractivity contribution in [2.75, 3.05) is 13.1 Å². The number of nitrogens with one attached hydrogen (secondary N) is 1. The Hall–Kier alpha value is -1.89. The van der Waals surface area contributed by atoms with Crippen molar-refractivity contribution in [3.05, 3.63) is 65.2 Å². The summed E-state index contributed by atoms with van der Waals surface area (Å²) in [6.45, 7) is 0.0430. The van der Waals surface area contributed by atoms with E-state index in [2.05, 4.69) is 5.32 Å². The first-order valence-corrected chi connectivity index (χ1v) is 12.4. The Kier molecular flexibility index (Phi) is 8.31. The Balaban J connectivity index is 1.74. The number of carbonyl (C=O) groups is 1. The van der Waals surface area contributed by atoms with Crippen LogP contribution in [-0.4, -0.2) is 37.8 Å².